The quantitative estimate of drug-likeness (QED) is 0.394. The highest BCUT2D eigenvalue weighted by molar-refractivity contribution is 7.99. The lowest BCUT2D eigenvalue weighted by atomic mass is 10.2. The van der Waals surface area contributed by atoms with Crippen molar-refractivity contribution in [1.29, 1.82) is 0 Å². The zero-order valence-electron chi connectivity index (χ0n) is 16.0. The minimum atomic E-state index is -0.434. The number of carbonyl (C=O) groups excluding carboxylic acids is 2. The number of aromatic nitrogens is 4. The minimum absolute atomic E-state index is 0.0967. The SMILES string of the molecule is CCOC(=O)CN(Cc1ccccc1)C(=O)CSc1nnnn1-c1ccccc1. The first-order valence-electron chi connectivity index (χ1n) is 9.11. The molecule has 1 amide bonds. The topological polar surface area (TPSA) is 90.2 Å². The van der Waals surface area contributed by atoms with Gasteiger partial charge in [0.25, 0.3) is 0 Å². The van der Waals surface area contributed by atoms with Crippen molar-refractivity contribution >= 4 is 23.6 Å². The molecule has 0 spiro atoms. The molecule has 0 atom stereocenters. The van der Waals surface area contributed by atoms with Crippen LogP contribution in [0.2, 0.25) is 0 Å². The first kappa shape index (κ1) is 20.5. The van der Waals surface area contributed by atoms with Crippen molar-refractivity contribution in [2.75, 3.05) is 18.9 Å². The molecule has 1 aromatic heterocycles. The van der Waals surface area contributed by atoms with Gasteiger partial charge in [-0.1, -0.05) is 60.3 Å². The van der Waals surface area contributed by atoms with Crippen molar-refractivity contribution < 1.29 is 14.3 Å². The Morgan fingerprint density at radius 1 is 1.07 bits per heavy atom. The number of hydrogen-bond acceptors (Lipinski definition) is 7. The molecule has 0 bridgehead atoms. The van der Waals surface area contributed by atoms with Gasteiger partial charge in [-0.3, -0.25) is 9.59 Å². The van der Waals surface area contributed by atoms with Crippen LogP contribution in [0.15, 0.2) is 65.8 Å². The van der Waals surface area contributed by atoms with Crippen molar-refractivity contribution in [1.82, 2.24) is 25.1 Å². The number of thioether (sulfide) groups is 1. The maximum Gasteiger partial charge on any atom is 0.325 e. The number of hydrogen-bond donors (Lipinski definition) is 0. The van der Waals surface area contributed by atoms with Gasteiger partial charge in [0.1, 0.15) is 6.54 Å². The highest BCUT2D eigenvalue weighted by Crippen LogP contribution is 2.19. The summed E-state index contributed by atoms with van der Waals surface area (Å²) in [6, 6.07) is 18.9. The van der Waals surface area contributed by atoms with Gasteiger partial charge in [-0.2, -0.15) is 4.68 Å². The molecule has 0 aliphatic rings. The van der Waals surface area contributed by atoms with Gasteiger partial charge >= 0.3 is 5.97 Å². The number of carbonyl (C=O) groups is 2. The monoisotopic (exact) mass is 411 g/mol. The average Bonchev–Trinajstić information content (AvgIpc) is 3.22. The smallest absolute Gasteiger partial charge is 0.325 e. The number of para-hydroxylation sites is 1. The number of rotatable bonds is 9. The molecule has 0 radical (unpaired) electrons. The summed E-state index contributed by atoms with van der Waals surface area (Å²) in [6.07, 6.45) is 0. The first-order valence-corrected chi connectivity index (χ1v) is 10.1. The second kappa shape index (κ2) is 10.4. The Kier molecular flexibility index (Phi) is 7.34. The summed E-state index contributed by atoms with van der Waals surface area (Å²) >= 11 is 1.22. The van der Waals surface area contributed by atoms with Crippen molar-refractivity contribution in [2.45, 2.75) is 18.6 Å². The summed E-state index contributed by atoms with van der Waals surface area (Å²) in [5.41, 5.74) is 1.74. The minimum Gasteiger partial charge on any atom is -0.465 e. The van der Waals surface area contributed by atoms with Gasteiger partial charge in [-0.25, -0.2) is 0 Å². The molecule has 0 N–H and O–H groups in total. The lowest BCUT2D eigenvalue weighted by Crippen LogP contribution is -2.37. The Bertz CT molecular complexity index is 934. The Hall–Kier alpha value is -3.20. The number of benzene rings is 2. The molecule has 0 aliphatic carbocycles. The molecular weight excluding hydrogens is 390 g/mol. The molecule has 2 aromatic carbocycles. The van der Waals surface area contributed by atoms with E-state index in [0.29, 0.717) is 11.7 Å². The Morgan fingerprint density at radius 3 is 2.45 bits per heavy atom. The summed E-state index contributed by atoms with van der Waals surface area (Å²) in [5, 5.41) is 12.2. The third-order valence-electron chi connectivity index (χ3n) is 3.96. The molecule has 0 fully saturated rings. The maximum absolute atomic E-state index is 12.8. The third-order valence-corrected chi connectivity index (χ3v) is 4.86. The summed E-state index contributed by atoms with van der Waals surface area (Å²) in [5.74, 6) is -0.537. The van der Waals surface area contributed by atoms with Crippen LogP contribution >= 0.6 is 11.8 Å². The average molecular weight is 411 g/mol. The van der Waals surface area contributed by atoms with E-state index < -0.39 is 5.97 Å². The molecule has 29 heavy (non-hydrogen) atoms. The van der Waals surface area contributed by atoms with Crippen LogP contribution in [0.5, 0.6) is 0 Å². The van der Waals surface area contributed by atoms with Crippen LogP contribution in [-0.4, -0.2) is 55.9 Å². The molecule has 3 rings (SSSR count). The fourth-order valence-corrected chi connectivity index (χ4v) is 3.41. The van der Waals surface area contributed by atoms with E-state index in [0.717, 1.165) is 11.3 Å². The van der Waals surface area contributed by atoms with E-state index in [1.54, 1.807) is 11.6 Å². The van der Waals surface area contributed by atoms with E-state index in [1.807, 2.05) is 60.7 Å². The van der Waals surface area contributed by atoms with Crippen LogP contribution in [0.3, 0.4) is 0 Å². The summed E-state index contributed by atoms with van der Waals surface area (Å²) in [4.78, 5) is 26.3. The van der Waals surface area contributed by atoms with Gasteiger partial charge in [-0.05, 0) is 35.0 Å². The fourth-order valence-electron chi connectivity index (χ4n) is 2.62. The van der Waals surface area contributed by atoms with E-state index in [-0.39, 0.29) is 24.8 Å². The normalized spacial score (nSPS) is 10.5. The lowest BCUT2D eigenvalue weighted by molar-refractivity contribution is -0.148. The van der Waals surface area contributed by atoms with Crippen molar-refractivity contribution in [3.8, 4) is 5.69 Å². The Labute approximate surface area is 172 Å². The lowest BCUT2D eigenvalue weighted by Gasteiger charge is -2.21. The molecule has 0 unspecified atom stereocenters. The van der Waals surface area contributed by atoms with Gasteiger partial charge < -0.3 is 9.64 Å². The maximum atomic E-state index is 12.8. The highest BCUT2D eigenvalue weighted by atomic mass is 32.2. The molecule has 0 saturated carbocycles. The Balaban J connectivity index is 1.68. The summed E-state index contributed by atoms with van der Waals surface area (Å²) in [6.45, 7) is 2.22. The van der Waals surface area contributed by atoms with Crippen molar-refractivity contribution in [2.24, 2.45) is 0 Å². The highest BCUT2D eigenvalue weighted by Gasteiger charge is 2.20. The number of amides is 1. The molecule has 8 nitrogen and oxygen atoms in total. The van der Waals surface area contributed by atoms with Gasteiger partial charge in [0.05, 0.1) is 18.0 Å². The second-order valence-corrected chi connectivity index (χ2v) is 6.98. The standard InChI is InChI=1S/C20H21N5O3S/c1-2-28-19(27)14-24(13-16-9-5-3-6-10-16)18(26)15-29-20-21-22-23-25(20)17-11-7-4-8-12-17/h3-12H,2,13-15H2,1H3. The summed E-state index contributed by atoms with van der Waals surface area (Å²) < 4.78 is 6.59. The van der Waals surface area contributed by atoms with Gasteiger partial charge in [-0.15, -0.1) is 5.10 Å². The number of nitrogens with zero attached hydrogens (tertiary/aromatic N) is 5. The van der Waals surface area contributed by atoms with E-state index >= 15 is 0 Å². The molecule has 9 heteroatoms. The van der Waals surface area contributed by atoms with Gasteiger partial charge in [0.15, 0.2) is 0 Å². The largest absolute Gasteiger partial charge is 0.465 e. The second-order valence-electron chi connectivity index (χ2n) is 6.04. The molecule has 1 heterocycles. The van der Waals surface area contributed by atoms with E-state index in [4.69, 9.17) is 4.74 Å². The van der Waals surface area contributed by atoms with Crippen molar-refractivity contribution in [3.63, 3.8) is 0 Å². The summed E-state index contributed by atoms with van der Waals surface area (Å²) in [7, 11) is 0. The molecule has 0 aliphatic heterocycles. The van der Waals surface area contributed by atoms with E-state index in [1.165, 1.54) is 16.7 Å². The zero-order chi connectivity index (χ0) is 20.5. The van der Waals surface area contributed by atoms with Crippen LogP contribution in [-0.2, 0) is 20.9 Å². The predicted molar refractivity (Wildman–Crippen MR) is 108 cm³/mol. The third kappa shape index (κ3) is 5.89. The number of tetrazole rings is 1. The molecule has 0 saturated heterocycles. The predicted octanol–water partition coefficient (Wildman–Crippen LogP) is 2.35. The van der Waals surface area contributed by atoms with Crippen LogP contribution in [0, 0.1) is 0 Å². The van der Waals surface area contributed by atoms with Crippen molar-refractivity contribution in [3.05, 3.63) is 66.2 Å². The Morgan fingerprint density at radius 2 is 1.76 bits per heavy atom. The van der Waals surface area contributed by atoms with Crippen LogP contribution in [0.4, 0.5) is 0 Å². The number of esters is 1. The van der Waals surface area contributed by atoms with Gasteiger partial charge in [0.2, 0.25) is 11.1 Å². The molecular formula is C20H21N5O3S. The molecule has 3 aromatic rings. The first-order chi connectivity index (χ1) is 14.2. The van der Waals surface area contributed by atoms with E-state index in [2.05, 4.69) is 15.5 Å². The van der Waals surface area contributed by atoms with Crippen LogP contribution in [0.25, 0.3) is 5.69 Å². The molecule has 150 valence electrons. The van der Waals surface area contributed by atoms with Gasteiger partial charge in [0, 0.05) is 6.54 Å². The fraction of sp³-hybridized carbons (Fsp3) is 0.250. The van der Waals surface area contributed by atoms with Crippen LogP contribution < -0.4 is 0 Å². The number of ether oxygens (including phenoxy) is 1. The zero-order valence-corrected chi connectivity index (χ0v) is 16.8. The van der Waals surface area contributed by atoms with E-state index in [9.17, 15) is 9.59 Å². The van der Waals surface area contributed by atoms with Crippen LogP contribution in [0.1, 0.15) is 12.5 Å².